The number of aromatic nitrogens is 2. The van der Waals surface area contributed by atoms with Gasteiger partial charge in [0.05, 0.1) is 0 Å². The summed E-state index contributed by atoms with van der Waals surface area (Å²) in [4.78, 5) is 4.38. The molecule has 0 atom stereocenters. The van der Waals surface area contributed by atoms with E-state index in [9.17, 15) is 0 Å². The maximum absolute atomic E-state index is 5.39. The van der Waals surface area contributed by atoms with Crippen molar-refractivity contribution >= 4 is 5.95 Å². The molecule has 1 N–H and O–H groups in total. The molecule has 0 bridgehead atoms. The van der Waals surface area contributed by atoms with Gasteiger partial charge in [-0.15, -0.1) is 0 Å². The number of hydrogen-bond acceptors (Lipinski definition) is 4. The maximum Gasteiger partial charge on any atom is 0.203 e. The Morgan fingerprint density at radius 2 is 2.33 bits per heavy atom. The number of nitrogens with one attached hydrogen (secondary N) is 1. The van der Waals surface area contributed by atoms with Gasteiger partial charge in [0.1, 0.15) is 0 Å². The predicted molar refractivity (Wildman–Crippen MR) is 70.9 cm³/mol. The van der Waals surface area contributed by atoms with Crippen molar-refractivity contribution < 1.29 is 9.47 Å². The molecule has 1 saturated heterocycles. The third-order valence-corrected chi connectivity index (χ3v) is 3.21. The Balaban J connectivity index is 1.79. The second-order valence-electron chi connectivity index (χ2n) is 4.48. The largest absolute Gasteiger partial charge is 0.382 e. The summed E-state index contributed by atoms with van der Waals surface area (Å²) in [6.45, 7) is 6.23. The first-order valence-corrected chi connectivity index (χ1v) is 6.84. The third kappa shape index (κ3) is 3.71. The lowest BCUT2D eigenvalue weighted by Gasteiger charge is -2.25. The van der Waals surface area contributed by atoms with E-state index >= 15 is 0 Å². The van der Waals surface area contributed by atoms with Crippen LogP contribution in [-0.2, 0) is 9.47 Å². The quantitative estimate of drug-likeness (QED) is 0.756. The van der Waals surface area contributed by atoms with Gasteiger partial charge in [-0.2, -0.15) is 0 Å². The van der Waals surface area contributed by atoms with Gasteiger partial charge >= 0.3 is 0 Å². The van der Waals surface area contributed by atoms with Crippen molar-refractivity contribution in [1.29, 1.82) is 0 Å². The van der Waals surface area contributed by atoms with Crippen molar-refractivity contribution in [2.45, 2.75) is 32.2 Å². The first-order valence-electron chi connectivity index (χ1n) is 6.84. The van der Waals surface area contributed by atoms with Crippen molar-refractivity contribution in [3.05, 3.63) is 12.4 Å². The van der Waals surface area contributed by atoms with Crippen LogP contribution in [-0.4, -0.2) is 42.5 Å². The van der Waals surface area contributed by atoms with Gasteiger partial charge in [0.15, 0.2) is 0 Å². The number of imidazole rings is 1. The fraction of sp³-hybridized carbons (Fsp3) is 0.769. The molecule has 0 radical (unpaired) electrons. The molecule has 0 unspecified atom stereocenters. The Morgan fingerprint density at radius 1 is 1.50 bits per heavy atom. The highest BCUT2D eigenvalue weighted by atomic mass is 16.5. The molecule has 5 nitrogen and oxygen atoms in total. The summed E-state index contributed by atoms with van der Waals surface area (Å²) in [6, 6.07) is 0.524. The molecule has 0 aliphatic carbocycles. The Morgan fingerprint density at radius 3 is 3.11 bits per heavy atom. The molecule has 5 heteroatoms. The molecule has 1 aliphatic heterocycles. The van der Waals surface area contributed by atoms with Gasteiger partial charge in [-0.25, -0.2) is 4.98 Å². The highest BCUT2D eigenvalue weighted by Gasteiger charge is 2.17. The summed E-state index contributed by atoms with van der Waals surface area (Å²) in [5.74, 6) is 0.971. The van der Waals surface area contributed by atoms with Crippen LogP contribution in [0.1, 0.15) is 32.2 Å². The van der Waals surface area contributed by atoms with E-state index in [0.29, 0.717) is 6.04 Å². The van der Waals surface area contributed by atoms with Gasteiger partial charge in [-0.1, -0.05) is 0 Å². The zero-order valence-electron chi connectivity index (χ0n) is 11.1. The van der Waals surface area contributed by atoms with Crippen molar-refractivity contribution in [2.24, 2.45) is 0 Å². The van der Waals surface area contributed by atoms with Crippen LogP contribution in [0.3, 0.4) is 0 Å². The topological polar surface area (TPSA) is 48.3 Å². The lowest BCUT2D eigenvalue weighted by Crippen LogP contribution is -2.21. The first kappa shape index (κ1) is 13.4. The zero-order valence-corrected chi connectivity index (χ0v) is 11.1. The summed E-state index contributed by atoms with van der Waals surface area (Å²) in [5.41, 5.74) is 0. The number of rotatable bonds is 7. The Labute approximate surface area is 108 Å². The van der Waals surface area contributed by atoms with Crippen LogP contribution in [0.15, 0.2) is 12.4 Å². The van der Waals surface area contributed by atoms with Crippen LogP contribution in [0.2, 0.25) is 0 Å². The Bertz CT molecular complexity index is 335. The molecule has 1 aromatic rings. The summed E-state index contributed by atoms with van der Waals surface area (Å²) in [6.07, 6.45) is 7.07. The fourth-order valence-corrected chi connectivity index (χ4v) is 2.23. The molecule has 102 valence electrons. The van der Waals surface area contributed by atoms with Gasteiger partial charge in [0.2, 0.25) is 5.95 Å². The average molecular weight is 253 g/mol. The standard InChI is InChI=1S/C13H23N3O2/c1-2-17-9-3-6-14-13-15-7-8-16(13)12-4-10-18-11-5-12/h7-8,12H,2-6,9-11H2,1H3,(H,14,15). The SMILES string of the molecule is CCOCCCNc1nccn1C1CCOCC1. The highest BCUT2D eigenvalue weighted by Crippen LogP contribution is 2.23. The Kier molecular flexibility index (Phi) is 5.48. The van der Waals surface area contributed by atoms with Crippen molar-refractivity contribution in [2.75, 3.05) is 38.3 Å². The maximum atomic E-state index is 5.39. The van der Waals surface area contributed by atoms with Crippen molar-refractivity contribution in [1.82, 2.24) is 9.55 Å². The van der Waals surface area contributed by atoms with Crippen LogP contribution in [0.5, 0.6) is 0 Å². The van der Waals surface area contributed by atoms with Gasteiger partial charge < -0.3 is 19.4 Å². The van der Waals surface area contributed by atoms with Crippen molar-refractivity contribution in [3.63, 3.8) is 0 Å². The monoisotopic (exact) mass is 253 g/mol. The van der Waals surface area contributed by atoms with E-state index in [4.69, 9.17) is 9.47 Å². The number of ether oxygens (including phenoxy) is 2. The van der Waals surface area contributed by atoms with E-state index in [0.717, 1.165) is 58.2 Å². The molecule has 2 rings (SSSR count). The van der Waals surface area contributed by atoms with Crippen LogP contribution in [0.4, 0.5) is 5.95 Å². The smallest absolute Gasteiger partial charge is 0.203 e. The minimum Gasteiger partial charge on any atom is -0.382 e. The van der Waals surface area contributed by atoms with Gasteiger partial charge in [0.25, 0.3) is 0 Å². The minimum absolute atomic E-state index is 0.524. The van der Waals surface area contributed by atoms with E-state index in [1.54, 1.807) is 0 Å². The summed E-state index contributed by atoms with van der Waals surface area (Å²) in [5, 5.41) is 3.38. The molecule has 1 aromatic heterocycles. The van der Waals surface area contributed by atoms with E-state index in [2.05, 4.69) is 21.1 Å². The van der Waals surface area contributed by atoms with E-state index < -0.39 is 0 Å². The second-order valence-corrected chi connectivity index (χ2v) is 4.48. The van der Waals surface area contributed by atoms with Gasteiger partial charge in [-0.3, -0.25) is 0 Å². The molecule has 2 heterocycles. The van der Waals surface area contributed by atoms with Gasteiger partial charge in [0, 0.05) is 51.4 Å². The summed E-state index contributed by atoms with van der Waals surface area (Å²) < 4.78 is 12.9. The van der Waals surface area contributed by atoms with Crippen molar-refractivity contribution in [3.8, 4) is 0 Å². The van der Waals surface area contributed by atoms with Gasteiger partial charge in [-0.05, 0) is 26.2 Å². The number of nitrogens with zero attached hydrogens (tertiary/aromatic N) is 2. The lowest BCUT2D eigenvalue weighted by molar-refractivity contribution is 0.0700. The van der Waals surface area contributed by atoms with E-state index in [1.807, 2.05) is 13.1 Å². The van der Waals surface area contributed by atoms with E-state index in [1.165, 1.54) is 0 Å². The average Bonchev–Trinajstić information content (AvgIpc) is 2.88. The molecule has 0 saturated carbocycles. The second kappa shape index (κ2) is 7.38. The highest BCUT2D eigenvalue weighted by molar-refractivity contribution is 5.26. The number of hydrogen-bond donors (Lipinski definition) is 1. The Hall–Kier alpha value is -1.07. The van der Waals surface area contributed by atoms with Crippen LogP contribution in [0.25, 0.3) is 0 Å². The molecule has 0 amide bonds. The van der Waals surface area contributed by atoms with E-state index in [-0.39, 0.29) is 0 Å². The normalized spacial score (nSPS) is 16.9. The third-order valence-electron chi connectivity index (χ3n) is 3.21. The molecular weight excluding hydrogens is 230 g/mol. The predicted octanol–water partition coefficient (Wildman–Crippen LogP) is 2.07. The summed E-state index contributed by atoms with van der Waals surface area (Å²) in [7, 11) is 0. The zero-order chi connectivity index (χ0) is 12.6. The molecule has 18 heavy (non-hydrogen) atoms. The minimum atomic E-state index is 0.524. The first-order chi connectivity index (χ1) is 8.92. The molecule has 0 spiro atoms. The fourth-order valence-electron chi connectivity index (χ4n) is 2.23. The van der Waals surface area contributed by atoms with Crippen LogP contribution < -0.4 is 5.32 Å². The molecule has 1 aliphatic rings. The molecular formula is C13H23N3O2. The van der Waals surface area contributed by atoms with Crippen LogP contribution in [0, 0.1) is 0 Å². The summed E-state index contributed by atoms with van der Waals surface area (Å²) >= 11 is 0. The lowest BCUT2D eigenvalue weighted by atomic mass is 10.1. The molecule has 0 aromatic carbocycles. The molecule has 1 fully saturated rings. The number of anilines is 1. The van der Waals surface area contributed by atoms with Crippen LogP contribution >= 0.6 is 0 Å².